The first-order valence-electron chi connectivity index (χ1n) is 13.2. The highest BCUT2D eigenvalue weighted by atomic mass is 19.1. The van der Waals surface area contributed by atoms with Crippen molar-refractivity contribution in [1.29, 1.82) is 0 Å². The van der Waals surface area contributed by atoms with Gasteiger partial charge in [0.2, 0.25) is 5.91 Å². The molecule has 0 atom stereocenters. The topological polar surface area (TPSA) is 76.9 Å². The highest BCUT2D eigenvalue weighted by Gasteiger charge is 2.22. The average molecular weight is 543 g/mol. The number of piperazine rings is 1. The Bertz CT molecular complexity index is 1480. The molecule has 4 aromatic rings. The van der Waals surface area contributed by atoms with Crippen LogP contribution in [0.2, 0.25) is 0 Å². The Hall–Kier alpha value is -4.66. The van der Waals surface area contributed by atoms with Crippen molar-refractivity contribution in [2.24, 2.45) is 0 Å². The number of rotatable bonds is 8. The van der Waals surface area contributed by atoms with Crippen molar-refractivity contribution in [2.75, 3.05) is 44.8 Å². The first kappa shape index (κ1) is 26.9. The molecule has 0 unspecified atom stereocenters. The quantitative estimate of drug-likeness (QED) is 0.299. The molecule has 40 heavy (non-hydrogen) atoms. The van der Waals surface area contributed by atoms with Gasteiger partial charge in [0.05, 0.1) is 31.5 Å². The second-order valence-corrected chi connectivity index (χ2v) is 9.47. The summed E-state index contributed by atoms with van der Waals surface area (Å²) in [5.74, 6) is -0.0413. The Morgan fingerprint density at radius 2 is 1.62 bits per heavy atom. The van der Waals surface area contributed by atoms with Crippen LogP contribution in [0.15, 0.2) is 78.9 Å². The Morgan fingerprint density at radius 3 is 2.27 bits per heavy atom. The van der Waals surface area contributed by atoms with E-state index in [1.54, 1.807) is 36.9 Å². The van der Waals surface area contributed by atoms with E-state index in [1.807, 2.05) is 53.4 Å². The number of aromatic nitrogens is 2. The highest BCUT2D eigenvalue weighted by molar-refractivity contribution is 5.89. The maximum Gasteiger partial charge on any atom is 0.358 e. The van der Waals surface area contributed by atoms with E-state index in [4.69, 9.17) is 9.47 Å². The summed E-state index contributed by atoms with van der Waals surface area (Å²) in [5, 5.41) is 4.41. The molecule has 1 aromatic heterocycles. The van der Waals surface area contributed by atoms with Crippen LogP contribution in [-0.2, 0) is 16.0 Å². The van der Waals surface area contributed by atoms with Gasteiger partial charge in [0, 0.05) is 37.4 Å². The predicted molar refractivity (Wildman–Crippen MR) is 150 cm³/mol. The third-order valence-corrected chi connectivity index (χ3v) is 6.92. The number of hydrogen-bond acceptors (Lipinski definition) is 6. The average Bonchev–Trinajstić information content (AvgIpc) is 3.44. The Labute approximate surface area is 232 Å². The molecular formula is C31H31FN4O4. The summed E-state index contributed by atoms with van der Waals surface area (Å²) in [6.07, 6.45) is 0.367. The molecule has 0 radical (unpaired) electrons. The Balaban J connectivity index is 1.28. The number of carbonyl (C=O) groups excluding carboxylic acids is 2. The summed E-state index contributed by atoms with van der Waals surface area (Å²) in [6, 6.07) is 23.2. The molecule has 3 aromatic carbocycles. The van der Waals surface area contributed by atoms with Crippen molar-refractivity contribution in [2.45, 2.75) is 13.3 Å². The van der Waals surface area contributed by atoms with Crippen LogP contribution in [0.3, 0.4) is 0 Å². The number of ether oxygens (including phenoxy) is 2. The van der Waals surface area contributed by atoms with E-state index in [2.05, 4.69) is 10.00 Å². The largest absolute Gasteiger partial charge is 0.497 e. The van der Waals surface area contributed by atoms with Crippen LogP contribution in [0.5, 0.6) is 5.75 Å². The molecule has 1 aliphatic rings. The minimum absolute atomic E-state index is 0.114. The zero-order valence-corrected chi connectivity index (χ0v) is 22.5. The first-order chi connectivity index (χ1) is 19.4. The van der Waals surface area contributed by atoms with Crippen LogP contribution in [0.1, 0.15) is 23.0 Å². The van der Waals surface area contributed by atoms with Crippen LogP contribution in [0.25, 0.3) is 16.9 Å². The molecule has 0 spiro atoms. The van der Waals surface area contributed by atoms with Gasteiger partial charge in [0.15, 0.2) is 5.69 Å². The lowest BCUT2D eigenvalue weighted by molar-refractivity contribution is -0.130. The van der Waals surface area contributed by atoms with Gasteiger partial charge in [0.25, 0.3) is 0 Å². The molecular weight excluding hydrogens is 511 g/mol. The van der Waals surface area contributed by atoms with Crippen molar-refractivity contribution in [1.82, 2.24) is 14.7 Å². The number of methoxy groups -OCH3 is 1. The van der Waals surface area contributed by atoms with Crippen LogP contribution in [0, 0.1) is 5.82 Å². The van der Waals surface area contributed by atoms with E-state index >= 15 is 0 Å². The number of amides is 1. The van der Waals surface area contributed by atoms with Crippen molar-refractivity contribution < 1.29 is 23.5 Å². The molecule has 1 aliphatic heterocycles. The predicted octanol–water partition coefficient (Wildman–Crippen LogP) is 4.76. The molecule has 8 nitrogen and oxygen atoms in total. The first-order valence-corrected chi connectivity index (χ1v) is 13.2. The van der Waals surface area contributed by atoms with Crippen LogP contribution >= 0.6 is 0 Å². The molecule has 0 saturated carbocycles. The van der Waals surface area contributed by atoms with Crippen molar-refractivity contribution in [3.8, 4) is 22.7 Å². The minimum Gasteiger partial charge on any atom is -0.497 e. The zero-order valence-electron chi connectivity index (χ0n) is 22.5. The third-order valence-electron chi connectivity index (χ3n) is 6.92. The molecule has 0 N–H and O–H groups in total. The van der Waals surface area contributed by atoms with E-state index in [9.17, 15) is 14.0 Å². The molecule has 0 aliphatic carbocycles. The number of anilines is 1. The minimum atomic E-state index is -0.532. The molecule has 0 bridgehead atoms. The molecule has 1 amide bonds. The van der Waals surface area contributed by atoms with E-state index in [0.717, 1.165) is 35.7 Å². The van der Waals surface area contributed by atoms with Crippen molar-refractivity contribution >= 4 is 17.6 Å². The highest BCUT2D eigenvalue weighted by Crippen LogP contribution is 2.28. The Morgan fingerprint density at radius 1 is 0.900 bits per heavy atom. The van der Waals surface area contributed by atoms with E-state index in [1.165, 1.54) is 12.1 Å². The fourth-order valence-corrected chi connectivity index (χ4v) is 4.78. The lowest BCUT2D eigenvalue weighted by Gasteiger charge is -2.36. The van der Waals surface area contributed by atoms with Gasteiger partial charge in [0.1, 0.15) is 11.6 Å². The van der Waals surface area contributed by atoms with E-state index < -0.39 is 11.8 Å². The van der Waals surface area contributed by atoms with Crippen molar-refractivity contribution in [3.05, 3.63) is 95.9 Å². The summed E-state index contributed by atoms with van der Waals surface area (Å²) >= 11 is 0. The molecule has 1 fully saturated rings. The number of carbonyl (C=O) groups is 2. The summed E-state index contributed by atoms with van der Waals surface area (Å²) < 4.78 is 25.9. The second-order valence-electron chi connectivity index (χ2n) is 9.47. The standard InChI is InChI=1S/C31H31FN4O4/c1-3-40-31(38)28-21-29(36(33-28)26-6-4-5-24(32)20-26)23-9-11-25(12-10-23)34-15-17-35(18-16-34)30(37)19-22-7-13-27(39-2)14-8-22/h4-14,20-21H,3,15-19H2,1-2H3. The van der Waals surface area contributed by atoms with Crippen LogP contribution in [-0.4, -0.2) is 66.5 Å². The van der Waals surface area contributed by atoms with Gasteiger partial charge in [-0.2, -0.15) is 5.10 Å². The lowest BCUT2D eigenvalue weighted by atomic mass is 10.1. The SMILES string of the molecule is CCOC(=O)c1cc(-c2ccc(N3CCN(C(=O)Cc4ccc(OC)cc4)CC3)cc2)n(-c2cccc(F)c2)n1. The number of hydrogen-bond donors (Lipinski definition) is 0. The summed E-state index contributed by atoms with van der Waals surface area (Å²) in [5.41, 5.74) is 4.13. The van der Waals surface area contributed by atoms with Gasteiger partial charge in [-0.05, 0) is 61.0 Å². The molecule has 5 rings (SSSR count). The second kappa shape index (κ2) is 12.0. The number of benzene rings is 3. The smallest absolute Gasteiger partial charge is 0.358 e. The molecule has 9 heteroatoms. The van der Waals surface area contributed by atoms with Gasteiger partial charge < -0.3 is 19.3 Å². The van der Waals surface area contributed by atoms with E-state index in [0.29, 0.717) is 30.9 Å². The summed E-state index contributed by atoms with van der Waals surface area (Å²) in [6.45, 7) is 4.70. The fourth-order valence-electron chi connectivity index (χ4n) is 4.78. The van der Waals surface area contributed by atoms with Crippen molar-refractivity contribution in [3.63, 3.8) is 0 Å². The third kappa shape index (κ3) is 5.98. The molecule has 1 saturated heterocycles. The lowest BCUT2D eigenvalue weighted by Crippen LogP contribution is -2.49. The summed E-state index contributed by atoms with van der Waals surface area (Å²) in [4.78, 5) is 29.4. The monoisotopic (exact) mass is 542 g/mol. The van der Waals surface area contributed by atoms with Crippen LogP contribution in [0.4, 0.5) is 10.1 Å². The number of esters is 1. The fraction of sp³-hybridized carbons (Fsp3) is 0.258. The normalized spacial score (nSPS) is 13.3. The maximum absolute atomic E-state index is 14.0. The molecule has 206 valence electrons. The van der Waals surface area contributed by atoms with Gasteiger partial charge in [-0.3, -0.25) is 4.79 Å². The van der Waals surface area contributed by atoms with Crippen LogP contribution < -0.4 is 9.64 Å². The van der Waals surface area contributed by atoms with Gasteiger partial charge in [-0.25, -0.2) is 13.9 Å². The number of nitrogens with zero attached hydrogens (tertiary/aromatic N) is 4. The zero-order chi connectivity index (χ0) is 28.1. The summed E-state index contributed by atoms with van der Waals surface area (Å²) in [7, 11) is 1.62. The van der Waals surface area contributed by atoms with Gasteiger partial charge >= 0.3 is 5.97 Å². The number of halogens is 1. The van der Waals surface area contributed by atoms with Gasteiger partial charge in [-0.1, -0.05) is 30.3 Å². The van der Waals surface area contributed by atoms with Gasteiger partial charge in [-0.15, -0.1) is 0 Å². The van der Waals surface area contributed by atoms with E-state index in [-0.39, 0.29) is 18.2 Å². The Kier molecular flexibility index (Phi) is 8.10. The maximum atomic E-state index is 14.0. The molecule has 2 heterocycles.